The zero-order valence-electron chi connectivity index (χ0n) is 12.7. The second-order valence-electron chi connectivity index (χ2n) is 5.41. The lowest BCUT2D eigenvalue weighted by Crippen LogP contribution is -2.16. The van der Waals surface area contributed by atoms with Gasteiger partial charge in [-0.05, 0) is 41.5 Å². The molecule has 1 heterocycles. The number of thiophene rings is 1. The van der Waals surface area contributed by atoms with E-state index in [1.807, 2.05) is 35.7 Å². The van der Waals surface area contributed by atoms with Crippen molar-refractivity contribution in [3.8, 4) is 11.8 Å². The molecule has 5 heteroatoms. The fraction of sp³-hybridized carbons (Fsp3) is 0.222. The van der Waals surface area contributed by atoms with Gasteiger partial charge in [-0.1, -0.05) is 12.1 Å². The molecule has 1 aliphatic rings. The summed E-state index contributed by atoms with van der Waals surface area (Å²) in [4.78, 5) is 12.7. The van der Waals surface area contributed by atoms with Gasteiger partial charge in [0.1, 0.15) is 16.7 Å². The monoisotopic (exact) mass is 324 g/mol. The van der Waals surface area contributed by atoms with E-state index in [4.69, 9.17) is 10.00 Å². The quantitative estimate of drug-likeness (QED) is 0.921. The van der Waals surface area contributed by atoms with Gasteiger partial charge in [0, 0.05) is 18.2 Å². The molecule has 0 bridgehead atoms. The smallest absolute Gasteiger partial charge is 0.158 e. The number of nitrogens with zero attached hydrogens (tertiary/aromatic N) is 1. The van der Waals surface area contributed by atoms with Crippen molar-refractivity contribution in [2.75, 3.05) is 12.4 Å². The van der Waals surface area contributed by atoms with Crippen LogP contribution in [0.5, 0.6) is 5.75 Å². The molecular formula is C18H16N2O2S. The summed E-state index contributed by atoms with van der Waals surface area (Å²) in [5.41, 5.74) is 2.75. The molecule has 4 nitrogen and oxygen atoms in total. The fourth-order valence-corrected chi connectivity index (χ4v) is 3.40. The van der Waals surface area contributed by atoms with Gasteiger partial charge >= 0.3 is 0 Å². The first kappa shape index (κ1) is 15.3. The second-order valence-corrected chi connectivity index (χ2v) is 6.33. The number of hydrogen-bond donors (Lipinski definition) is 1. The highest BCUT2D eigenvalue weighted by Gasteiger charge is 2.23. The summed E-state index contributed by atoms with van der Waals surface area (Å²) < 4.78 is 5.17. The number of hydrogen-bond acceptors (Lipinski definition) is 5. The standard InChI is InChI=1S/C18H16N2O2S/c1-22-16-4-2-12(3-5-16)13-8-14(10-15(21)9-13)20-17-6-7-23-18(17)11-19/h2-7,10,13,20H,8-9H2,1H3. The van der Waals surface area contributed by atoms with Gasteiger partial charge in [0.15, 0.2) is 5.78 Å². The molecule has 23 heavy (non-hydrogen) atoms. The first-order chi connectivity index (χ1) is 11.2. The minimum absolute atomic E-state index is 0.105. The molecule has 0 spiro atoms. The van der Waals surface area contributed by atoms with E-state index in [2.05, 4.69) is 11.4 Å². The maximum Gasteiger partial charge on any atom is 0.158 e. The Labute approximate surface area is 139 Å². The summed E-state index contributed by atoms with van der Waals surface area (Å²) in [5.74, 6) is 1.06. The number of methoxy groups -OCH3 is 1. The summed E-state index contributed by atoms with van der Waals surface area (Å²) >= 11 is 1.39. The van der Waals surface area contributed by atoms with Crippen LogP contribution < -0.4 is 10.1 Å². The first-order valence-corrected chi connectivity index (χ1v) is 8.19. The van der Waals surface area contributed by atoms with Crippen LogP contribution in [0.4, 0.5) is 5.69 Å². The Hall–Kier alpha value is -2.58. The number of benzene rings is 1. The Bertz CT molecular complexity index is 784. The number of nitriles is 1. The lowest BCUT2D eigenvalue weighted by atomic mass is 9.85. The molecule has 1 aromatic heterocycles. The van der Waals surface area contributed by atoms with Crippen LogP contribution in [-0.2, 0) is 4.79 Å². The lowest BCUT2D eigenvalue weighted by molar-refractivity contribution is -0.115. The summed E-state index contributed by atoms with van der Waals surface area (Å²) in [5, 5.41) is 14.2. The minimum atomic E-state index is 0.105. The molecule has 3 rings (SSSR count). The number of carbonyl (C=O) groups is 1. The zero-order valence-corrected chi connectivity index (χ0v) is 13.5. The van der Waals surface area contributed by atoms with E-state index < -0.39 is 0 Å². The number of anilines is 1. The second kappa shape index (κ2) is 6.67. The van der Waals surface area contributed by atoms with Crippen LogP contribution in [0.3, 0.4) is 0 Å². The highest BCUT2D eigenvalue weighted by molar-refractivity contribution is 7.11. The summed E-state index contributed by atoms with van der Waals surface area (Å²) in [6.07, 6.45) is 2.91. The first-order valence-electron chi connectivity index (χ1n) is 7.31. The summed E-state index contributed by atoms with van der Waals surface area (Å²) in [6, 6.07) is 11.9. The Kier molecular flexibility index (Phi) is 4.45. The summed E-state index contributed by atoms with van der Waals surface area (Å²) in [6.45, 7) is 0. The molecule has 1 aromatic carbocycles. The van der Waals surface area contributed by atoms with E-state index in [1.54, 1.807) is 13.2 Å². The Morgan fingerprint density at radius 2 is 2.04 bits per heavy atom. The predicted octanol–water partition coefficient (Wildman–Crippen LogP) is 4.07. The minimum Gasteiger partial charge on any atom is -0.497 e. The van der Waals surface area contributed by atoms with Crippen LogP contribution >= 0.6 is 11.3 Å². The van der Waals surface area contributed by atoms with E-state index in [-0.39, 0.29) is 11.7 Å². The molecule has 0 fully saturated rings. The normalized spacial score (nSPS) is 17.3. The number of ether oxygens (including phenoxy) is 1. The van der Waals surface area contributed by atoms with Crippen molar-refractivity contribution in [2.24, 2.45) is 0 Å². The van der Waals surface area contributed by atoms with Crippen molar-refractivity contribution in [3.05, 3.63) is 57.9 Å². The van der Waals surface area contributed by atoms with Crippen molar-refractivity contribution < 1.29 is 9.53 Å². The Balaban J connectivity index is 1.78. The zero-order chi connectivity index (χ0) is 16.2. The topological polar surface area (TPSA) is 62.1 Å². The van der Waals surface area contributed by atoms with Crippen LogP contribution in [0.15, 0.2) is 47.5 Å². The molecule has 116 valence electrons. The molecule has 0 saturated carbocycles. The van der Waals surface area contributed by atoms with Gasteiger partial charge in [-0.15, -0.1) is 11.3 Å². The summed E-state index contributed by atoms with van der Waals surface area (Å²) in [7, 11) is 1.64. The lowest BCUT2D eigenvalue weighted by Gasteiger charge is -2.23. The molecule has 1 atom stereocenters. The van der Waals surface area contributed by atoms with E-state index in [0.717, 1.165) is 29.1 Å². The largest absolute Gasteiger partial charge is 0.497 e. The predicted molar refractivity (Wildman–Crippen MR) is 90.7 cm³/mol. The van der Waals surface area contributed by atoms with Crippen LogP contribution in [0.2, 0.25) is 0 Å². The average Bonchev–Trinajstić information content (AvgIpc) is 3.01. The maximum atomic E-state index is 12.1. The molecule has 1 aliphatic carbocycles. The van der Waals surface area contributed by atoms with Gasteiger partial charge in [-0.25, -0.2) is 0 Å². The molecule has 0 radical (unpaired) electrons. The van der Waals surface area contributed by atoms with Crippen molar-refractivity contribution in [1.29, 1.82) is 5.26 Å². The highest BCUT2D eigenvalue weighted by atomic mass is 32.1. The van der Waals surface area contributed by atoms with Crippen LogP contribution in [0, 0.1) is 11.3 Å². The van der Waals surface area contributed by atoms with Crippen LogP contribution in [-0.4, -0.2) is 12.9 Å². The van der Waals surface area contributed by atoms with E-state index in [1.165, 1.54) is 11.3 Å². The highest BCUT2D eigenvalue weighted by Crippen LogP contribution is 2.33. The number of rotatable bonds is 4. The third-order valence-corrected chi connectivity index (χ3v) is 4.72. The molecule has 0 aliphatic heterocycles. The van der Waals surface area contributed by atoms with Gasteiger partial charge in [-0.3, -0.25) is 4.79 Å². The van der Waals surface area contributed by atoms with E-state index >= 15 is 0 Å². The van der Waals surface area contributed by atoms with E-state index in [0.29, 0.717) is 11.3 Å². The van der Waals surface area contributed by atoms with Crippen LogP contribution in [0.1, 0.15) is 29.2 Å². The van der Waals surface area contributed by atoms with Gasteiger partial charge in [0.2, 0.25) is 0 Å². The number of nitrogens with one attached hydrogen (secondary N) is 1. The molecule has 1 N–H and O–H groups in total. The maximum absolute atomic E-state index is 12.1. The third-order valence-electron chi connectivity index (χ3n) is 3.90. The number of allylic oxidation sites excluding steroid dienone is 2. The fourth-order valence-electron chi connectivity index (χ4n) is 2.76. The molecular weight excluding hydrogens is 308 g/mol. The van der Waals surface area contributed by atoms with E-state index in [9.17, 15) is 4.79 Å². The van der Waals surface area contributed by atoms with Crippen LogP contribution in [0.25, 0.3) is 0 Å². The third kappa shape index (κ3) is 3.43. The number of ketones is 1. The SMILES string of the molecule is COc1ccc(C2CC(=O)C=C(Nc3ccsc3C#N)C2)cc1. The van der Waals surface area contributed by atoms with Gasteiger partial charge in [0.05, 0.1) is 12.8 Å². The Morgan fingerprint density at radius 1 is 1.26 bits per heavy atom. The average molecular weight is 324 g/mol. The Morgan fingerprint density at radius 3 is 2.74 bits per heavy atom. The molecule has 0 amide bonds. The molecule has 2 aromatic rings. The number of carbonyl (C=O) groups excluding carboxylic acids is 1. The van der Waals surface area contributed by atoms with Crippen molar-refractivity contribution in [1.82, 2.24) is 0 Å². The van der Waals surface area contributed by atoms with Gasteiger partial charge < -0.3 is 10.1 Å². The van der Waals surface area contributed by atoms with Crippen molar-refractivity contribution >= 4 is 22.8 Å². The molecule has 0 saturated heterocycles. The molecule has 1 unspecified atom stereocenters. The van der Waals surface area contributed by atoms with Gasteiger partial charge in [-0.2, -0.15) is 5.26 Å². The van der Waals surface area contributed by atoms with Crippen molar-refractivity contribution in [2.45, 2.75) is 18.8 Å². The van der Waals surface area contributed by atoms with Crippen molar-refractivity contribution in [3.63, 3.8) is 0 Å². The van der Waals surface area contributed by atoms with Gasteiger partial charge in [0.25, 0.3) is 0 Å².